The van der Waals surface area contributed by atoms with E-state index in [0.717, 1.165) is 16.8 Å². The molecular weight excluding hydrogens is 538 g/mol. The molecule has 1 saturated heterocycles. The minimum Gasteiger partial charge on any atom is -0.394 e. The van der Waals surface area contributed by atoms with Crippen LogP contribution in [0.5, 0.6) is 0 Å². The van der Waals surface area contributed by atoms with Crippen molar-refractivity contribution in [3.05, 3.63) is 70.6 Å². The molecular formula is C29H33N9O4. The number of nitrogens with one attached hydrogen (secondary N) is 2. The highest BCUT2D eigenvalue weighted by Crippen LogP contribution is 2.31. The van der Waals surface area contributed by atoms with Gasteiger partial charge in [0.15, 0.2) is 0 Å². The van der Waals surface area contributed by atoms with E-state index in [1.54, 1.807) is 24.0 Å². The van der Waals surface area contributed by atoms with Gasteiger partial charge in [-0.3, -0.25) is 14.2 Å². The molecule has 3 aromatic heterocycles. The minimum atomic E-state index is -0.449. The maximum atomic E-state index is 12.7. The number of rotatable bonds is 9. The Morgan fingerprint density at radius 3 is 2.60 bits per heavy atom. The van der Waals surface area contributed by atoms with Crippen LogP contribution < -0.4 is 21.1 Å². The average molecular weight is 572 g/mol. The number of aliphatic hydroxyl groups is 1. The zero-order valence-electron chi connectivity index (χ0n) is 23.7. The molecule has 5 aromatic rings. The van der Waals surface area contributed by atoms with Gasteiger partial charge < -0.3 is 29.9 Å². The van der Waals surface area contributed by atoms with Crippen molar-refractivity contribution in [1.29, 1.82) is 0 Å². The second-order valence-corrected chi connectivity index (χ2v) is 10.4. The number of anilines is 4. The first kappa shape index (κ1) is 27.4. The monoisotopic (exact) mass is 571 g/mol. The van der Waals surface area contributed by atoms with E-state index in [2.05, 4.69) is 25.8 Å². The van der Waals surface area contributed by atoms with Crippen LogP contribution in [0.15, 0.2) is 64.0 Å². The molecule has 1 fully saturated rings. The standard InChI is InChI=1S/C29H33N9O4/c1-18(2)38-24-15-20(9-10-21(24)27(40)36(38)3)31-28-30-16-22(26-34-29(35-42-26)37-11-13-41-14-12-37)25(33-28)32-23(17-39)19-7-5-4-6-8-19/h4-10,15-16,18,23,39H,11-14,17H2,1-3H3,(H2,30,31,32,33)/t23-/m1/s1. The van der Waals surface area contributed by atoms with Crippen molar-refractivity contribution in [2.24, 2.45) is 7.05 Å². The maximum absolute atomic E-state index is 12.7. The lowest BCUT2D eigenvalue weighted by atomic mass is 10.1. The van der Waals surface area contributed by atoms with E-state index < -0.39 is 6.04 Å². The van der Waals surface area contributed by atoms with E-state index in [1.807, 2.05) is 65.9 Å². The summed E-state index contributed by atoms with van der Waals surface area (Å²) in [5.41, 5.74) is 2.86. The van der Waals surface area contributed by atoms with Crippen LogP contribution in [0.25, 0.3) is 22.4 Å². The molecule has 0 aliphatic carbocycles. The highest BCUT2D eigenvalue weighted by Gasteiger charge is 2.23. The number of hydrogen-bond acceptors (Lipinski definition) is 11. The van der Waals surface area contributed by atoms with Gasteiger partial charge in [-0.2, -0.15) is 9.97 Å². The van der Waals surface area contributed by atoms with E-state index in [-0.39, 0.29) is 24.1 Å². The number of fused-ring (bicyclic) bond motifs is 1. The summed E-state index contributed by atoms with van der Waals surface area (Å²) < 4.78 is 14.7. The molecule has 0 bridgehead atoms. The van der Waals surface area contributed by atoms with Crippen LogP contribution in [0.2, 0.25) is 0 Å². The lowest BCUT2D eigenvalue weighted by Crippen LogP contribution is -2.36. The molecule has 0 unspecified atom stereocenters. The molecule has 1 atom stereocenters. The summed E-state index contributed by atoms with van der Waals surface area (Å²) in [6, 6.07) is 14.8. The third kappa shape index (κ3) is 5.31. The molecule has 218 valence electrons. The Morgan fingerprint density at radius 1 is 1.07 bits per heavy atom. The lowest BCUT2D eigenvalue weighted by Gasteiger charge is -2.24. The molecule has 1 aliphatic heterocycles. The number of nitrogens with zero attached hydrogens (tertiary/aromatic N) is 7. The Bertz CT molecular complexity index is 1740. The van der Waals surface area contributed by atoms with Crippen molar-refractivity contribution in [2.45, 2.75) is 25.9 Å². The Kier molecular flexibility index (Phi) is 7.59. The smallest absolute Gasteiger partial charge is 0.274 e. The van der Waals surface area contributed by atoms with E-state index in [9.17, 15) is 9.90 Å². The number of aromatic nitrogens is 6. The van der Waals surface area contributed by atoms with Crippen LogP contribution in [-0.2, 0) is 11.8 Å². The largest absolute Gasteiger partial charge is 0.394 e. The fourth-order valence-electron chi connectivity index (χ4n) is 5.18. The summed E-state index contributed by atoms with van der Waals surface area (Å²) in [6.45, 7) is 6.42. The molecule has 0 spiro atoms. The van der Waals surface area contributed by atoms with Gasteiger partial charge in [0.05, 0.1) is 36.8 Å². The summed E-state index contributed by atoms with van der Waals surface area (Å²) in [5.74, 6) is 1.44. The van der Waals surface area contributed by atoms with Crippen LogP contribution in [0.3, 0.4) is 0 Å². The SMILES string of the molecule is CC(C)n1c2cc(Nc3ncc(-c4nc(N5CCOCC5)no4)c(N[C@H](CO)c4ccccc4)n3)ccc2c(=O)n1C. The summed E-state index contributed by atoms with van der Waals surface area (Å²) in [6.07, 6.45) is 1.61. The molecule has 2 aromatic carbocycles. The third-order valence-electron chi connectivity index (χ3n) is 7.26. The van der Waals surface area contributed by atoms with Gasteiger partial charge in [-0.05, 0) is 42.8 Å². The highest BCUT2D eigenvalue weighted by molar-refractivity contribution is 5.83. The Hall–Kier alpha value is -4.75. The van der Waals surface area contributed by atoms with Gasteiger partial charge in [-0.25, -0.2) is 4.98 Å². The number of benzene rings is 2. The Morgan fingerprint density at radius 2 is 1.86 bits per heavy atom. The Balaban J connectivity index is 1.36. The van der Waals surface area contributed by atoms with Crippen LogP contribution in [-0.4, -0.2) is 67.5 Å². The molecule has 0 radical (unpaired) electrons. The van der Waals surface area contributed by atoms with Crippen molar-refractivity contribution in [1.82, 2.24) is 29.5 Å². The number of morpholine rings is 1. The first-order chi connectivity index (χ1) is 20.4. The van der Waals surface area contributed by atoms with Gasteiger partial charge in [0.2, 0.25) is 5.95 Å². The second kappa shape index (κ2) is 11.6. The van der Waals surface area contributed by atoms with E-state index in [4.69, 9.17) is 14.2 Å². The number of aliphatic hydroxyl groups excluding tert-OH is 1. The molecule has 6 rings (SSSR count). The summed E-state index contributed by atoms with van der Waals surface area (Å²) in [4.78, 5) is 28.6. The van der Waals surface area contributed by atoms with E-state index in [1.165, 1.54) is 0 Å². The van der Waals surface area contributed by atoms with Gasteiger partial charge in [0, 0.05) is 38.1 Å². The van der Waals surface area contributed by atoms with Crippen molar-refractivity contribution < 1.29 is 14.4 Å². The molecule has 0 saturated carbocycles. The summed E-state index contributed by atoms with van der Waals surface area (Å²) in [7, 11) is 1.77. The first-order valence-corrected chi connectivity index (χ1v) is 13.9. The zero-order chi connectivity index (χ0) is 29.2. The van der Waals surface area contributed by atoms with Gasteiger partial charge >= 0.3 is 0 Å². The van der Waals surface area contributed by atoms with Gasteiger partial charge in [-0.1, -0.05) is 30.3 Å². The third-order valence-corrected chi connectivity index (χ3v) is 7.26. The molecule has 4 heterocycles. The van der Waals surface area contributed by atoms with Crippen molar-refractivity contribution >= 4 is 34.3 Å². The number of ether oxygens (including phenoxy) is 1. The van der Waals surface area contributed by atoms with Gasteiger partial charge in [0.1, 0.15) is 11.4 Å². The summed E-state index contributed by atoms with van der Waals surface area (Å²) >= 11 is 0. The van der Waals surface area contributed by atoms with Gasteiger partial charge in [0.25, 0.3) is 17.4 Å². The van der Waals surface area contributed by atoms with Crippen LogP contribution in [0.1, 0.15) is 31.5 Å². The van der Waals surface area contributed by atoms with Crippen LogP contribution in [0, 0.1) is 0 Å². The van der Waals surface area contributed by atoms with E-state index in [0.29, 0.717) is 55.0 Å². The van der Waals surface area contributed by atoms with Crippen molar-refractivity contribution in [3.63, 3.8) is 0 Å². The molecule has 0 amide bonds. The topological polar surface area (TPSA) is 148 Å². The predicted octanol–water partition coefficient (Wildman–Crippen LogP) is 3.49. The van der Waals surface area contributed by atoms with Gasteiger partial charge in [-0.15, -0.1) is 0 Å². The molecule has 1 aliphatic rings. The number of hydrogen-bond donors (Lipinski definition) is 3. The summed E-state index contributed by atoms with van der Waals surface area (Å²) in [5, 5.41) is 21.7. The molecule has 3 N–H and O–H groups in total. The highest BCUT2D eigenvalue weighted by atomic mass is 16.5. The molecule has 13 nitrogen and oxygen atoms in total. The first-order valence-electron chi connectivity index (χ1n) is 13.9. The lowest BCUT2D eigenvalue weighted by molar-refractivity contribution is 0.121. The van der Waals surface area contributed by atoms with Crippen LogP contribution >= 0.6 is 0 Å². The predicted molar refractivity (Wildman–Crippen MR) is 159 cm³/mol. The van der Waals surface area contributed by atoms with E-state index >= 15 is 0 Å². The molecule has 13 heteroatoms. The maximum Gasteiger partial charge on any atom is 0.274 e. The average Bonchev–Trinajstić information content (AvgIpc) is 3.60. The Labute approximate surface area is 241 Å². The van der Waals surface area contributed by atoms with Crippen LogP contribution in [0.4, 0.5) is 23.4 Å². The fourth-order valence-corrected chi connectivity index (χ4v) is 5.18. The van der Waals surface area contributed by atoms with Crippen molar-refractivity contribution in [3.8, 4) is 11.5 Å². The quantitative estimate of drug-likeness (QED) is 0.239. The molecule has 42 heavy (non-hydrogen) atoms. The van der Waals surface area contributed by atoms with Crippen molar-refractivity contribution in [2.75, 3.05) is 48.4 Å². The second-order valence-electron chi connectivity index (χ2n) is 10.4. The zero-order valence-corrected chi connectivity index (χ0v) is 23.7. The minimum absolute atomic E-state index is 0.0516. The normalized spacial score (nSPS) is 14.5. The fraction of sp³-hybridized carbons (Fsp3) is 0.345.